The Morgan fingerprint density at radius 1 is 0.398 bits per heavy atom. The van der Waals surface area contributed by atoms with Gasteiger partial charge in [0.2, 0.25) is 31.4 Å². The van der Waals surface area contributed by atoms with Gasteiger partial charge in [-0.15, -0.1) is 3.96 Å². The molecular formula is C84H76Cl2N12O4S6+4. The molecule has 4 aromatic heterocycles. The fourth-order valence-electron chi connectivity index (χ4n) is 10.9. The van der Waals surface area contributed by atoms with Gasteiger partial charge in [0.25, 0.3) is 0 Å². The number of nitrogens with one attached hydrogen (secondary N) is 3. The van der Waals surface area contributed by atoms with Gasteiger partial charge >= 0.3 is 43.8 Å². The number of hydrogen-bond donors (Lipinski definition) is 3. The number of aryl methyl sites for hydroxylation is 1. The van der Waals surface area contributed by atoms with Crippen LogP contribution in [0.3, 0.4) is 0 Å². The lowest BCUT2D eigenvalue weighted by molar-refractivity contribution is -0.610. The second-order valence-electron chi connectivity index (χ2n) is 25.3. The molecule has 0 radical (unpaired) electrons. The number of rotatable bonds is 21. The normalized spacial score (nSPS) is 11.1. The van der Waals surface area contributed by atoms with E-state index in [-0.39, 0.29) is 21.7 Å². The summed E-state index contributed by atoms with van der Waals surface area (Å²) >= 11 is 17.2. The minimum Gasteiger partial charge on any atom is -0.308 e. The molecule has 0 saturated carbocycles. The predicted octanol–water partition coefficient (Wildman–Crippen LogP) is 20.2. The van der Waals surface area contributed by atoms with Crippen molar-refractivity contribution in [2.75, 3.05) is 20.9 Å². The van der Waals surface area contributed by atoms with Crippen LogP contribution in [0.5, 0.6) is 0 Å². The van der Waals surface area contributed by atoms with Gasteiger partial charge < -0.3 is 16.0 Å². The van der Waals surface area contributed by atoms with Crippen LogP contribution in [-0.2, 0) is 43.4 Å². The van der Waals surface area contributed by atoms with Gasteiger partial charge in [-0.05, 0) is 175 Å². The summed E-state index contributed by atoms with van der Waals surface area (Å²) in [7, 11) is -7.08. The number of hydrogen-bond acceptors (Lipinski definition) is 16. The first-order chi connectivity index (χ1) is 52.4. The fourth-order valence-corrected chi connectivity index (χ4v) is 18.3. The standard InChI is InChI=1S/C27H22N3O2S2.C22H19N3O2S2.C21H17N3S.C14H15Cl2N3S/c31-34(32,25-19-11-4-12-20-25)21-29-26(22-13-5-1-6-14-22)28-27(33-29)30(23-15-7-2-8-16-23)24-17-9-3-10-18-24;1-17-12-14-18(15-13-17)21-24-22(23-19-8-4-2-5-9-19)28-25(21)16-29(26,27)20-10-6-3-7-11-20;1-4-10-17(11-5-1)16-24-20(18-12-6-2-7-13-18)23-21(25-24)22-19-14-8-3-9-15-19;1-14(2,3)12-18-13(20-19(12)9-11(15)16)17-10-7-5-4-6-8-10/h1-20H,21H2;2-15H,16H2,1H3;1-15H,16H2;4-9H,1-3H3/q+1;;;/p+3. The summed E-state index contributed by atoms with van der Waals surface area (Å²) in [6.45, 7) is 9.11. The highest BCUT2D eigenvalue weighted by Crippen LogP contribution is 2.37. The zero-order chi connectivity index (χ0) is 75.3. The van der Waals surface area contributed by atoms with Crippen LogP contribution >= 0.6 is 69.3 Å². The minimum atomic E-state index is -3.57. The first-order valence-corrected chi connectivity index (χ1v) is 41.4. The lowest BCUT2D eigenvalue weighted by Crippen LogP contribution is -2.36. The Bertz CT molecular complexity index is 5560. The molecule has 0 spiro atoms. The van der Waals surface area contributed by atoms with Crippen LogP contribution in [0.15, 0.2) is 342 Å². The minimum absolute atomic E-state index is 0.104. The molecule has 0 saturated heterocycles. The second kappa shape index (κ2) is 36.6. The summed E-state index contributed by atoms with van der Waals surface area (Å²) in [4.78, 5) is 21.8. The Kier molecular flexibility index (Phi) is 26.0. The van der Waals surface area contributed by atoms with Crippen LogP contribution in [-0.4, -0.2) is 36.8 Å². The van der Waals surface area contributed by atoms with Crippen LogP contribution in [0.25, 0.3) is 40.4 Å². The zero-order valence-corrected chi connectivity index (χ0v) is 65.6. The molecule has 11 aromatic carbocycles. The summed E-state index contributed by atoms with van der Waals surface area (Å²) in [6.07, 6.45) is 1.66. The van der Waals surface area contributed by atoms with Gasteiger partial charge in [-0.1, -0.05) is 235 Å². The van der Waals surface area contributed by atoms with Gasteiger partial charge in [0.05, 0.1) is 43.3 Å². The van der Waals surface area contributed by atoms with Gasteiger partial charge in [-0.3, -0.25) is 4.90 Å². The Hall–Kier alpha value is -10.9. The highest BCUT2D eigenvalue weighted by atomic mass is 35.5. The molecule has 15 rings (SSSR count). The molecule has 15 aromatic rings. The second-order valence-corrected chi connectivity index (χ2v) is 34.2. The van der Waals surface area contributed by atoms with Gasteiger partial charge in [0.1, 0.15) is 63.4 Å². The average Bonchev–Trinajstić information content (AvgIpc) is 1.63. The van der Waals surface area contributed by atoms with E-state index in [0.717, 1.165) is 79.1 Å². The van der Waals surface area contributed by atoms with Crippen LogP contribution < -0.4 is 36.7 Å². The third kappa shape index (κ3) is 21.2. The van der Waals surface area contributed by atoms with E-state index < -0.39 is 19.7 Å². The molecule has 3 N–H and O–H groups in total. The maximum absolute atomic E-state index is 13.2. The summed E-state index contributed by atoms with van der Waals surface area (Å²) in [5, 5.41) is 13.0. The van der Waals surface area contributed by atoms with Gasteiger partial charge in [-0.2, -0.15) is 11.9 Å². The van der Waals surface area contributed by atoms with Crippen molar-refractivity contribution >= 4 is 144 Å². The molecule has 542 valence electrons. The fraction of sp³-hybridized carbons (Fsp3) is 0.0952. The predicted molar refractivity (Wildman–Crippen MR) is 442 cm³/mol. The number of halogens is 2. The van der Waals surface area contributed by atoms with E-state index in [1.165, 1.54) is 40.2 Å². The maximum Gasteiger partial charge on any atom is 0.346 e. The van der Waals surface area contributed by atoms with E-state index in [4.69, 9.17) is 33.2 Å². The first-order valence-electron chi connectivity index (χ1n) is 34.2. The lowest BCUT2D eigenvalue weighted by Gasteiger charge is -2.18. The zero-order valence-electron chi connectivity index (χ0n) is 59.2. The van der Waals surface area contributed by atoms with Crippen LogP contribution in [0.1, 0.15) is 37.7 Å². The molecule has 16 nitrogen and oxygen atoms in total. The van der Waals surface area contributed by atoms with Crippen LogP contribution in [0.4, 0.5) is 49.0 Å². The highest BCUT2D eigenvalue weighted by molar-refractivity contribution is 7.90. The van der Waals surface area contributed by atoms with Crippen molar-refractivity contribution in [3.8, 4) is 34.2 Å². The Morgan fingerprint density at radius 2 is 0.731 bits per heavy atom. The van der Waals surface area contributed by atoms with E-state index in [1.54, 1.807) is 80.2 Å². The third-order valence-corrected chi connectivity index (χ3v) is 23.3. The molecule has 0 bridgehead atoms. The summed E-state index contributed by atoms with van der Waals surface area (Å²) in [5.74, 6) is 2.74. The number of para-hydroxylation sites is 5. The van der Waals surface area contributed by atoms with Gasteiger partial charge in [0, 0.05) is 17.1 Å². The van der Waals surface area contributed by atoms with Crippen molar-refractivity contribution in [1.82, 2.24) is 19.9 Å². The molecule has 0 fully saturated rings. The van der Waals surface area contributed by atoms with Gasteiger partial charge in [0.15, 0.2) is 0 Å². The number of nitrogens with zero attached hydrogens (tertiary/aromatic N) is 9. The first kappa shape index (κ1) is 76.7. The molecule has 0 aliphatic carbocycles. The summed E-state index contributed by atoms with van der Waals surface area (Å²) in [5.41, 5.74) is 9.97. The lowest BCUT2D eigenvalue weighted by atomic mass is 9.96. The van der Waals surface area contributed by atoms with Crippen molar-refractivity contribution < 1.29 is 32.7 Å². The topological polar surface area (TPSA) is 175 Å². The van der Waals surface area contributed by atoms with Crippen molar-refractivity contribution in [2.45, 2.75) is 61.2 Å². The van der Waals surface area contributed by atoms with E-state index in [9.17, 15) is 16.8 Å². The molecule has 0 aliphatic rings. The van der Waals surface area contributed by atoms with Gasteiger partial charge in [-0.25, -0.2) is 16.8 Å². The number of anilines is 9. The van der Waals surface area contributed by atoms with Crippen LogP contribution in [0, 0.1) is 6.92 Å². The quantitative estimate of drug-likeness (QED) is 0.0582. The van der Waals surface area contributed by atoms with E-state index in [2.05, 4.69) is 87.0 Å². The van der Waals surface area contributed by atoms with Crippen molar-refractivity contribution in [3.63, 3.8) is 0 Å². The summed E-state index contributed by atoms with van der Waals surface area (Å²) < 4.78 is 60.2. The molecule has 4 heterocycles. The Labute approximate surface area is 656 Å². The van der Waals surface area contributed by atoms with Crippen molar-refractivity contribution in [1.29, 1.82) is 0 Å². The summed E-state index contributed by atoms with van der Waals surface area (Å²) in [6, 6.07) is 105. The molecular weight excluding hydrogens is 1500 g/mol. The third-order valence-electron chi connectivity index (χ3n) is 16.0. The molecule has 24 heteroatoms. The SMILES string of the molecule is CC(C)(C)c1nc(Nc2ccccc2)s[n+]1C=C(Cl)Cl.Cc1ccc(-c2nc(Nc3ccccc3)s[n+]2CS(=O)(=O)c2ccccc2)cc1.O=S(=O)(C[n+]1sc(N(c2ccccc2)c2ccccc2)nc1-c1ccccc1)c1ccccc1.c1ccc(C[n+]2sc(Nc3ccccc3)nc2-c2ccccc2)cc1. The molecule has 0 unspecified atom stereocenters. The molecule has 108 heavy (non-hydrogen) atoms. The Morgan fingerprint density at radius 3 is 1.14 bits per heavy atom. The number of sulfone groups is 2. The highest BCUT2D eigenvalue weighted by Gasteiger charge is 2.35. The largest absolute Gasteiger partial charge is 0.346 e. The van der Waals surface area contributed by atoms with E-state index >= 15 is 0 Å². The molecule has 0 aliphatic heterocycles. The van der Waals surface area contributed by atoms with E-state index in [1.807, 2.05) is 252 Å². The number of aromatic nitrogens is 8. The number of benzene rings is 11. The van der Waals surface area contributed by atoms with Crippen molar-refractivity contribution in [3.05, 3.63) is 349 Å². The monoisotopic (exact) mass is 1580 g/mol. The average molecular weight is 1580 g/mol. The van der Waals surface area contributed by atoms with Crippen molar-refractivity contribution in [2.24, 2.45) is 0 Å². The molecule has 0 atom stereocenters. The van der Waals surface area contributed by atoms with Crippen LogP contribution in [0.2, 0.25) is 0 Å². The smallest absolute Gasteiger partial charge is 0.308 e. The Balaban J connectivity index is 0.000000137. The maximum atomic E-state index is 13.2. The molecule has 0 amide bonds. The van der Waals surface area contributed by atoms with E-state index in [0.29, 0.717) is 31.7 Å².